The number of benzene rings is 1. The average molecular weight is 596 g/mol. The minimum absolute atomic E-state index is 0.0282. The summed E-state index contributed by atoms with van der Waals surface area (Å²) in [7, 11) is 3.13. The molecule has 230 valence electrons. The van der Waals surface area contributed by atoms with Crippen molar-refractivity contribution in [2.45, 2.75) is 75.1 Å². The van der Waals surface area contributed by atoms with Crippen LogP contribution in [0.25, 0.3) is 0 Å². The Morgan fingerprint density at radius 1 is 1.07 bits per heavy atom. The number of aromatic hydroxyl groups is 1. The molecule has 0 aliphatic heterocycles. The first-order valence-corrected chi connectivity index (χ1v) is 15.2. The second-order valence-electron chi connectivity index (χ2n) is 14.2. The first-order valence-electron chi connectivity index (χ1n) is 15.2. The van der Waals surface area contributed by atoms with Gasteiger partial charge in [0.1, 0.15) is 28.7 Å². The summed E-state index contributed by atoms with van der Waals surface area (Å²) in [6.07, 6.45) is 6.88. The van der Waals surface area contributed by atoms with Crippen molar-refractivity contribution in [2.24, 2.45) is 35.3 Å². The Kier molecular flexibility index (Phi) is 6.20. The number of amides is 1. The summed E-state index contributed by atoms with van der Waals surface area (Å²) < 4.78 is 16.2. The number of phenols is 1. The molecule has 1 aromatic carbocycles. The number of allylic oxidation sites excluding steroid dienone is 1. The van der Waals surface area contributed by atoms with E-state index < -0.39 is 69.6 Å². The number of halogens is 1. The van der Waals surface area contributed by atoms with Crippen LogP contribution in [-0.4, -0.2) is 74.1 Å². The van der Waals surface area contributed by atoms with Crippen molar-refractivity contribution < 1.29 is 39.2 Å². The highest BCUT2D eigenvalue weighted by Crippen LogP contribution is 2.56. The highest BCUT2D eigenvalue weighted by molar-refractivity contribution is 6.24. The summed E-state index contributed by atoms with van der Waals surface area (Å²) in [5.74, 6) is -5.97. The number of fused-ring (bicyclic) bond motifs is 3. The molecular weight excluding hydrogens is 557 g/mol. The summed E-state index contributed by atoms with van der Waals surface area (Å²) in [5, 5.41) is 48.7. The van der Waals surface area contributed by atoms with Gasteiger partial charge in [0.15, 0.2) is 11.4 Å². The van der Waals surface area contributed by atoms with Gasteiger partial charge in [0.05, 0.1) is 11.6 Å². The van der Waals surface area contributed by atoms with Gasteiger partial charge < -0.3 is 31.5 Å². The highest BCUT2D eigenvalue weighted by Gasteiger charge is 2.63. The molecule has 1 aromatic rings. The maximum absolute atomic E-state index is 16.2. The van der Waals surface area contributed by atoms with E-state index in [1.807, 2.05) is 0 Å². The predicted molar refractivity (Wildman–Crippen MR) is 151 cm³/mol. The van der Waals surface area contributed by atoms with E-state index in [0.29, 0.717) is 17.8 Å². The minimum atomic E-state index is -2.72. The summed E-state index contributed by atoms with van der Waals surface area (Å²) in [6, 6.07) is 0.150. The summed E-state index contributed by atoms with van der Waals surface area (Å²) in [4.78, 5) is 40.8. The fourth-order valence-electron chi connectivity index (χ4n) is 10.1. The maximum atomic E-state index is 16.2. The Morgan fingerprint density at radius 2 is 1.67 bits per heavy atom. The lowest BCUT2D eigenvalue weighted by Crippen LogP contribution is -2.63. The van der Waals surface area contributed by atoms with E-state index >= 15 is 4.39 Å². The van der Waals surface area contributed by atoms with Gasteiger partial charge in [0.2, 0.25) is 5.78 Å². The Morgan fingerprint density at radius 3 is 2.23 bits per heavy atom. The van der Waals surface area contributed by atoms with Crippen molar-refractivity contribution in [2.75, 3.05) is 14.1 Å². The van der Waals surface area contributed by atoms with Crippen LogP contribution in [0.1, 0.15) is 66.4 Å². The van der Waals surface area contributed by atoms with E-state index in [2.05, 4.69) is 5.32 Å². The summed E-state index contributed by atoms with van der Waals surface area (Å²) in [5.41, 5.74) is 1.43. The average Bonchev–Trinajstić information content (AvgIpc) is 2.90. The van der Waals surface area contributed by atoms with Crippen molar-refractivity contribution >= 4 is 17.5 Å². The van der Waals surface area contributed by atoms with Crippen molar-refractivity contribution in [3.8, 4) is 5.75 Å². The second-order valence-corrected chi connectivity index (χ2v) is 14.2. The third kappa shape index (κ3) is 3.90. The molecule has 4 atom stereocenters. The number of hydrogen-bond acceptors (Lipinski definition) is 9. The molecule has 0 spiro atoms. The van der Waals surface area contributed by atoms with Gasteiger partial charge in [-0.05, 0) is 95.2 Å². The maximum Gasteiger partial charge on any atom is 0.255 e. The number of rotatable bonds is 5. The van der Waals surface area contributed by atoms with Gasteiger partial charge in [-0.15, -0.1) is 0 Å². The summed E-state index contributed by atoms with van der Waals surface area (Å²) in [6.45, 7) is 0.208. The molecule has 4 saturated carbocycles. The number of nitrogens with one attached hydrogen (secondary N) is 1. The molecule has 10 nitrogen and oxygen atoms in total. The zero-order valence-corrected chi connectivity index (χ0v) is 24.3. The zero-order chi connectivity index (χ0) is 30.7. The number of nitrogens with two attached hydrogens (primary N) is 1. The van der Waals surface area contributed by atoms with E-state index in [-0.39, 0.29) is 47.2 Å². The fourth-order valence-corrected chi connectivity index (χ4v) is 10.1. The quantitative estimate of drug-likeness (QED) is 0.279. The number of Topliss-reactive ketones (excluding diaryl/α,β-unsaturated/α-hetero) is 2. The zero-order valence-electron chi connectivity index (χ0n) is 24.3. The summed E-state index contributed by atoms with van der Waals surface area (Å²) >= 11 is 0. The molecule has 0 saturated heterocycles. The molecular formula is C32H38FN3O7. The lowest BCUT2D eigenvalue weighted by molar-refractivity contribution is -0.148. The molecule has 4 fully saturated rings. The Labute approximate surface area is 248 Å². The van der Waals surface area contributed by atoms with Crippen molar-refractivity contribution in [3.63, 3.8) is 0 Å². The first kappa shape index (κ1) is 28.5. The molecule has 4 bridgehead atoms. The molecule has 1 amide bonds. The van der Waals surface area contributed by atoms with Gasteiger partial charge in [0, 0.05) is 34.7 Å². The van der Waals surface area contributed by atoms with Crippen LogP contribution in [0.15, 0.2) is 28.7 Å². The number of aliphatic hydroxyl groups excluding tert-OH is 2. The normalized spacial score (nSPS) is 38.0. The topological polar surface area (TPSA) is 173 Å². The molecule has 7 aliphatic carbocycles. The van der Waals surface area contributed by atoms with E-state index in [1.54, 1.807) is 14.1 Å². The number of aliphatic hydroxyl groups is 3. The van der Waals surface area contributed by atoms with Crippen LogP contribution in [0, 0.1) is 35.4 Å². The molecule has 0 unspecified atom stereocenters. The van der Waals surface area contributed by atoms with Crippen LogP contribution in [0.4, 0.5) is 4.39 Å². The Balaban J connectivity index is 1.25. The van der Waals surface area contributed by atoms with Gasteiger partial charge >= 0.3 is 0 Å². The molecule has 11 heteroatoms. The van der Waals surface area contributed by atoms with Crippen molar-refractivity contribution in [1.82, 2.24) is 10.2 Å². The van der Waals surface area contributed by atoms with E-state index in [4.69, 9.17) is 5.73 Å². The van der Waals surface area contributed by atoms with Crippen LogP contribution >= 0.6 is 0 Å². The van der Waals surface area contributed by atoms with Crippen molar-refractivity contribution in [1.29, 1.82) is 0 Å². The molecule has 7 N–H and O–H groups in total. The van der Waals surface area contributed by atoms with Gasteiger partial charge in [-0.3, -0.25) is 19.3 Å². The van der Waals surface area contributed by atoms with E-state index in [1.165, 1.54) is 30.2 Å². The monoisotopic (exact) mass is 595 g/mol. The van der Waals surface area contributed by atoms with Crippen LogP contribution in [-0.2, 0) is 22.6 Å². The molecule has 0 heterocycles. The third-order valence-corrected chi connectivity index (χ3v) is 11.4. The number of carbonyl (C=O) groups is 3. The molecule has 7 aliphatic rings. The Hall–Kier alpha value is -3.28. The van der Waals surface area contributed by atoms with E-state index in [0.717, 1.165) is 19.3 Å². The fraction of sp³-hybridized carbons (Fsp3) is 0.594. The number of primary amides is 1. The Bertz CT molecular complexity index is 1510. The predicted octanol–water partition coefficient (Wildman–Crippen LogP) is 2.32. The molecule has 8 rings (SSSR count). The van der Waals surface area contributed by atoms with Crippen LogP contribution in [0.3, 0.4) is 0 Å². The van der Waals surface area contributed by atoms with Gasteiger partial charge in [-0.1, -0.05) is 0 Å². The third-order valence-electron chi connectivity index (χ3n) is 11.4. The van der Waals surface area contributed by atoms with Crippen LogP contribution < -0.4 is 11.1 Å². The largest absolute Gasteiger partial charge is 0.510 e. The number of hydrogen-bond donors (Lipinski definition) is 6. The number of carbonyl (C=O) groups excluding carboxylic acids is 3. The second kappa shape index (κ2) is 9.36. The van der Waals surface area contributed by atoms with Gasteiger partial charge in [0.25, 0.3) is 5.91 Å². The lowest BCUT2D eigenvalue weighted by Gasteiger charge is -2.57. The SMILES string of the molecule is CN(C)[C@@H]1C(O)=C(C(N)=O)C(=O)[C@@]2(O)C(O)=C3C(=O)c4c(O)cc(CNC56CC7CC(CC(C7)C5)C6)c(F)c4C[C@H]3C[C@@H]12. The molecule has 0 aromatic heterocycles. The minimum Gasteiger partial charge on any atom is -0.510 e. The number of nitrogens with zero attached hydrogens (tertiary/aromatic N) is 1. The standard InChI is InChI=1S/C32H38FN3O7/c1-36(2)25-19-7-16-6-18-22(26(38)21(16)28(40)32(19,43)29(41)23(27(25)39)30(34)42)20(37)8-17(24(18)33)12-35-31-9-13-3-14(10-31)5-15(4-13)11-31/h8,13-16,19,25,35,37,39-40,43H,3-7,9-12H2,1-2H3,(H2,34,42)/t13?,14?,15?,16-,19-,25-,31?,32-/m0/s1. The number of likely N-dealkylation sites (N-methyl/N-ethyl adjacent to an activating group) is 1. The first-order chi connectivity index (χ1) is 20.3. The number of phenolic OH excluding ortho intramolecular Hbond substituents is 1. The lowest BCUT2D eigenvalue weighted by atomic mass is 9.53. The smallest absolute Gasteiger partial charge is 0.255 e. The highest BCUT2D eigenvalue weighted by atomic mass is 19.1. The molecule has 43 heavy (non-hydrogen) atoms. The van der Waals surface area contributed by atoms with Crippen LogP contribution in [0.5, 0.6) is 5.75 Å². The van der Waals surface area contributed by atoms with Crippen LogP contribution in [0.2, 0.25) is 0 Å². The van der Waals surface area contributed by atoms with Gasteiger partial charge in [-0.2, -0.15) is 0 Å². The van der Waals surface area contributed by atoms with Gasteiger partial charge in [-0.25, -0.2) is 4.39 Å². The van der Waals surface area contributed by atoms with E-state index in [9.17, 15) is 34.8 Å². The molecule has 0 radical (unpaired) electrons. The number of ketones is 2. The van der Waals surface area contributed by atoms with Crippen molar-refractivity contribution in [3.05, 3.63) is 51.2 Å².